The van der Waals surface area contributed by atoms with Crippen molar-refractivity contribution in [3.63, 3.8) is 0 Å². The van der Waals surface area contributed by atoms with Gasteiger partial charge in [0.2, 0.25) is 5.91 Å². The van der Waals surface area contributed by atoms with Gasteiger partial charge in [-0.05, 0) is 42.5 Å². The first-order chi connectivity index (χ1) is 10.6. The van der Waals surface area contributed by atoms with Crippen LogP contribution in [-0.4, -0.2) is 11.9 Å². The topological polar surface area (TPSA) is 41.1 Å². The molecular formula is C19H23ClN2O. The summed E-state index contributed by atoms with van der Waals surface area (Å²) in [6.07, 6.45) is 0.752. The maximum atomic E-state index is 12.5. The van der Waals surface area contributed by atoms with Crippen molar-refractivity contribution in [2.75, 3.05) is 0 Å². The molecule has 2 N–H and O–H groups in total. The highest BCUT2D eigenvalue weighted by Gasteiger charge is 2.25. The summed E-state index contributed by atoms with van der Waals surface area (Å²) in [6.45, 7) is 4.87. The molecule has 0 aromatic heterocycles. The van der Waals surface area contributed by atoms with Crippen molar-refractivity contribution in [1.29, 1.82) is 0 Å². The number of halogens is 1. The number of hydrogen-bond acceptors (Lipinski definition) is 2. The maximum absolute atomic E-state index is 12.5. The van der Waals surface area contributed by atoms with Crippen molar-refractivity contribution in [2.45, 2.75) is 38.9 Å². The molecule has 1 aliphatic heterocycles. The van der Waals surface area contributed by atoms with Crippen LogP contribution in [0.15, 0.2) is 48.5 Å². The van der Waals surface area contributed by atoms with Gasteiger partial charge in [0.25, 0.3) is 0 Å². The van der Waals surface area contributed by atoms with Gasteiger partial charge >= 0.3 is 0 Å². The first kappa shape index (κ1) is 17.5. The predicted octanol–water partition coefficient (Wildman–Crippen LogP) is 3.31. The van der Waals surface area contributed by atoms with Crippen LogP contribution in [0.4, 0.5) is 0 Å². The Morgan fingerprint density at radius 3 is 2.52 bits per heavy atom. The fraction of sp³-hybridized carbons (Fsp3) is 0.316. The second kappa shape index (κ2) is 7.62. The lowest BCUT2D eigenvalue weighted by atomic mass is 9.95. The number of carbonyl (C=O) groups is 1. The van der Waals surface area contributed by atoms with Crippen molar-refractivity contribution in [2.24, 2.45) is 0 Å². The number of amides is 1. The molecule has 122 valence electrons. The van der Waals surface area contributed by atoms with Crippen molar-refractivity contribution >= 4 is 18.3 Å². The summed E-state index contributed by atoms with van der Waals surface area (Å²) < 4.78 is 0. The fourth-order valence-electron chi connectivity index (χ4n) is 3.10. The standard InChI is InChI=1S/C19H22N2O.ClH/c1-13-7-3-6-10-17(13)14(2)21-19(22)18-11-15-8-4-5-9-16(15)12-20-18;/h3-10,14,18,20H,11-12H2,1-2H3,(H,21,22);1H. The van der Waals surface area contributed by atoms with Crippen LogP contribution in [-0.2, 0) is 17.8 Å². The van der Waals surface area contributed by atoms with E-state index < -0.39 is 0 Å². The molecule has 2 atom stereocenters. The Hall–Kier alpha value is -1.84. The first-order valence-corrected chi connectivity index (χ1v) is 7.81. The molecule has 0 spiro atoms. The summed E-state index contributed by atoms with van der Waals surface area (Å²) in [5.74, 6) is 0.0743. The van der Waals surface area contributed by atoms with Gasteiger partial charge in [0.1, 0.15) is 0 Å². The van der Waals surface area contributed by atoms with Crippen LogP contribution in [0.3, 0.4) is 0 Å². The van der Waals surface area contributed by atoms with Gasteiger partial charge in [-0.25, -0.2) is 0 Å². The summed E-state index contributed by atoms with van der Waals surface area (Å²) in [5.41, 5.74) is 4.94. The van der Waals surface area contributed by atoms with Crippen LogP contribution in [0.1, 0.15) is 35.2 Å². The Bertz CT molecular complexity index is 687. The third kappa shape index (κ3) is 3.92. The van der Waals surface area contributed by atoms with Gasteiger partial charge in [-0.3, -0.25) is 4.79 Å². The minimum Gasteiger partial charge on any atom is -0.348 e. The van der Waals surface area contributed by atoms with E-state index in [2.05, 4.69) is 41.8 Å². The van der Waals surface area contributed by atoms with Crippen LogP contribution in [0.25, 0.3) is 0 Å². The molecule has 0 saturated heterocycles. The monoisotopic (exact) mass is 330 g/mol. The van der Waals surface area contributed by atoms with Crippen LogP contribution >= 0.6 is 12.4 Å². The third-order valence-corrected chi connectivity index (χ3v) is 4.41. The largest absolute Gasteiger partial charge is 0.348 e. The summed E-state index contributed by atoms with van der Waals surface area (Å²) in [5, 5.41) is 6.47. The molecule has 4 heteroatoms. The molecule has 23 heavy (non-hydrogen) atoms. The zero-order valence-corrected chi connectivity index (χ0v) is 14.3. The van der Waals surface area contributed by atoms with Gasteiger partial charge in [0.15, 0.2) is 0 Å². The maximum Gasteiger partial charge on any atom is 0.237 e. The van der Waals surface area contributed by atoms with E-state index in [1.807, 2.05) is 31.2 Å². The van der Waals surface area contributed by atoms with E-state index in [1.54, 1.807) is 0 Å². The Morgan fingerprint density at radius 1 is 1.13 bits per heavy atom. The smallest absolute Gasteiger partial charge is 0.237 e. The average molecular weight is 331 g/mol. The normalized spacial score (nSPS) is 17.6. The molecule has 1 aliphatic rings. The molecular weight excluding hydrogens is 308 g/mol. The van der Waals surface area contributed by atoms with Gasteiger partial charge in [-0.15, -0.1) is 12.4 Å². The van der Waals surface area contributed by atoms with Crippen LogP contribution in [0.2, 0.25) is 0 Å². The van der Waals surface area contributed by atoms with E-state index in [0.717, 1.165) is 13.0 Å². The molecule has 1 amide bonds. The Balaban J connectivity index is 0.00000192. The van der Waals surface area contributed by atoms with Crippen molar-refractivity contribution in [1.82, 2.24) is 10.6 Å². The third-order valence-electron chi connectivity index (χ3n) is 4.41. The highest BCUT2D eigenvalue weighted by atomic mass is 35.5. The molecule has 3 rings (SSSR count). The Morgan fingerprint density at radius 2 is 1.78 bits per heavy atom. The van der Waals surface area contributed by atoms with Gasteiger partial charge < -0.3 is 10.6 Å². The second-order valence-corrected chi connectivity index (χ2v) is 5.99. The van der Waals surface area contributed by atoms with E-state index in [0.29, 0.717) is 0 Å². The predicted molar refractivity (Wildman–Crippen MR) is 95.8 cm³/mol. The number of rotatable bonds is 3. The molecule has 1 heterocycles. The number of carbonyl (C=O) groups excluding carboxylic acids is 1. The Kier molecular flexibility index (Phi) is 5.80. The number of nitrogens with one attached hydrogen (secondary N) is 2. The van der Waals surface area contributed by atoms with Gasteiger partial charge in [0.05, 0.1) is 12.1 Å². The highest BCUT2D eigenvalue weighted by molar-refractivity contribution is 5.85. The van der Waals surface area contributed by atoms with E-state index in [9.17, 15) is 4.79 Å². The zero-order valence-electron chi connectivity index (χ0n) is 13.5. The van der Waals surface area contributed by atoms with E-state index in [1.165, 1.54) is 22.3 Å². The summed E-state index contributed by atoms with van der Waals surface area (Å²) in [6, 6.07) is 16.4. The van der Waals surface area contributed by atoms with E-state index in [-0.39, 0.29) is 30.4 Å². The van der Waals surface area contributed by atoms with Crippen LogP contribution < -0.4 is 10.6 Å². The zero-order chi connectivity index (χ0) is 15.5. The minimum absolute atomic E-state index is 0. The number of aryl methyl sites for hydroxylation is 1. The lowest BCUT2D eigenvalue weighted by Crippen LogP contribution is -2.48. The van der Waals surface area contributed by atoms with Crippen LogP contribution in [0.5, 0.6) is 0 Å². The van der Waals surface area contributed by atoms with Crippen molar-refractivity contribution < 1.29 is 4.79 Å². The highest BCUT2D eigenvalue weighted by Crippen LogP contribution is 2.19. The lowest BCUT2D eigenvalue weighted by molar-refractivity contribution is -0.124. The second-order valence-electron chi connectivity index (χ2n) is 5.99. The number of benzene rings is 2. The van der Waals surface area contributed by atoms with Gasteiger partial charge in [-0.2, -0.15) is 0 Å². The molecule has 2 aromatic carbocycles. The van der Waals surface area contributed by atoms with Crippen LogP contribution in [0, 0.1) is 6.92 Å². The summed E-state index contributed by atoms with van der Waals surface area (Å²) in [4.78, 5) is 12.5. The number of hydrogen-bond donors (Lipinski definition) is 2. The quantitative estimate of drug-likeness (QED) is 0.906. The summed E-state index contributed by atoms with van der Waals surface area (Å²) >= 11 is 0. The molecule has 2 aromatic rings. The number of fused-ring (bicyclic) bond motifs is 1. The average Bonchev–Trinajstić information content (AvgIpc) is 2.54. The van der Waals surface area contributed by atoms with E-state index in [4.69, 9.17) is 0 Å². The minimum atomic E-state index is -0.152. The van der Waals surface area contributed by atoms with Crippen molar-refractivity contribution in [3.05, 3.63) is 70.8 Å². The lowest BCUT2D eigenvalue weighted by Gasteiger charge is -2.27. The van der Waals surface area contributed by atoms with Gasteiger partial charge in [0, 0.05) is 6.54 Å². The molecule has 3 nitrogen and oxygen atoms in total. The molecule has 0 fully saturated rings. The summed E-state index contributed by atoms with van der Waals surface area (Å²) in [7, 11) is 0. The fourth-order valence-corrected chi connectivity index (χ4v) is 3.10. The Labute approximate surface area is 143 Å². The molecule has 0 aliphatic carbocycles. The molecule has 0 radical (unpaired) electrons. The van der Waals surface area contributed by atoms with E-state index >= 15 is 0 Å². The first-order valence-electron chi connectivity index (χ1n) is 7.81. The van der Waals surface area contributed by atoms with Crippen molar-refractivity contribution in [3.8, 4) is 0 Å². The SMILES string of the molecule is Cc1ccccc1C(C)NC(=O)C1Cc2ccccc2CN1.Cl. The molecule has 0 saturated carbocycles. The molecule has 0 bridgehead atoms. The van der Waals surface area contributed by atoms with Gasteiger partial charge in [-0.1, -0.05) is 48.5 Å². The molecule has 2 unspecified atom stereocenters.